The lowest BCUT2D eigenvalue weighted by Crippen LogP contribution is -2.50. The van der Waals surface area contributed by atoms with Crippen LogP contribution in [0.2, 0.25) is 0 Å². The first-order valence-corrected chi connectivity index (χ1v) is 6.00. The van der Waals surface area contributed by atoms with E-state index in [1.54, 1.807) is 0 Å². The quantitative estimate of drug-likeness (QED) is 0.788. The number of carbonyl (C=O) groups excluding carboxylic acids is 1. The Balaban J connectivity index is 2.56. The van der Waals surface area contributed by atoms with Gasteiger partial charge in [0.2, 0.25) is 0 Å². The molecule has 2 amide bonds. The van der Waals surface area contributed by atoms with Gasteiger partial charge in [0.25, 0.3) is 0 Å². The molecule has 2 N–H and O–H groups in total. The van der Waals surface area contributed by atoms with Gasteiger partial charge in [0.05, 0.1) is 0 Å². The van der Waals surface area contributed by atoms with E-state index >= 15 is 0 Å². The highest BCUT2D eigenvalue weighted by Crippen LogP contribution is 2.27. The topological polar surface area (TPSA) is 69.6 Å². The van der Waals surface area contributed by atoms with Gasteiger partial charge >= 0.3 is 12.0 Å². The largest absolute Gasteiger partial charge is 0.480 e. The molecule has 0 aromatic heterocycles. The van der Waals surface area contributed by atoms with Crippen LogP contribution in [-0.2, 0) is 4.79 Å². The monoisotopic (exact) mass is 242 g/mol. The summed E-state index contributed by atoms with van der Waals surface area (Å²) < 4.78 is 0. The van der Waals surface area contributed by atoms with Crippen molar-refractivity contribution >= 4 is 12.0 Å². The lowest BCUT2D eigenvalue weighted by atomic mass is 9.88. The van der Waals surface area contributed by atoms with Gasteiger partial charge in [-0.15, -0.1) is 0 Å². The van der Waals surface area contributed by atoms with Crippen molar-refractivity contribution in [1.82, 2.24) is 10.2 Å². The molecule has 5 heteroatoms. The third-order valence-electron chi connectivity index (χ3n) is 3.19. The molecule has 0 spiro atoms. The van der Waals surface area contributed by atoms with Gasteiger partial charge in [0.15, 0.2) is 0 Å². The summed E-state index contributed by atoms with van der Waals surface area (Å²) in [6.45, 7) is 7.83. The molecule has 1 aliphatic rings. The number of nitrogens with zero attached hydrogens (tertiary/aromatic N) is 1. The Bertz CT molecular complexity index is 305. The third kappa shape index (κ3) is 4.24. The molecular formula is C12H22N2O3. The molecule has 0 radical (unpaired) electrons. The first-order chi connectivity index (χ1) is 7.71. The Hall–Kier alpha value is -1.26. The number of hydrogen-bond acceptors (Lipinski definition) is 2. The average Bonchev–Trinajstić information content (AvgIpc) is 2.95. The van der Waals surface area contributed by atoms with Gasteiger partial charge in [-0.1, -0.05) is 20.8 Å². The zero-order chi connectivity index (χ0) is 13.2. The van der Waals surface area contributed by atoms with E-state index in [4.69, 9.17) is 5.11 Å². The van der Waals surface area contributed by atoms with Crippen molar-refractivity contribution in [2.45, 2.75) is 52.6 Å². The van der Waals surface area contributed by atoms with Gasteiger partial charge < -0.3 is 15.3 Å². The summed E-state index contributed by atoms with van der Waals surface area (Å²) in [5.41, 5.74) is -0.0336. The minimum absolute atomic E-state index is 0.00467. The summed E-state index contributed by atoms with van der Waals surface area (Å²) in [7, 11) is 0. The van der Waals surface area contributed by atoms with Crippen LogP contribution in [0, 0.1) is 5.41 Å². The Labute approximate surface area is 102 Å². The van der Waals surface area contributed by atoms with Crippen LogP contribution in [0.25, 0.3) is 0 Å². The van der Waals surface area contributed by atoms with Crippen LogP contribution in [0.4, 0.5) is 4.79 Å². The highest BCUT2D eigenvalue weighted by atomic mass is 16.4. The van der Waals surface area contributed by atoms with Crippen molar-refractivity contribution in [3.63, 3.8) is 0 Å². The highest BCUT2D eigenvalue weighted by molar-refractivity contribution is 5.80. The third-order valence-corrected chi connectivity index (χ3v) is 3.19. The first kappa shape index (κ1) is 13.8. The normalized spacial score (nSPS) is 17.4. The minimum Gasteiger partial charge on any atom is -0.480 e. The minimum atomic E-state index is -0.963. The second-order valence-corrected chi connectivity index (χ2v) is 5.79. The Morgan fingerprint density at radius 1 is 1.41 bits per heavy atom. The molecule has 1 saturated carbocycles. The molecule has 17 heavy (non-hydrogen) atoms. The van der Waals surface area contributed by atoms with E-state index in [2.05, 4.69) is 5.32 Å². The molecule has 1 fully saturated rings. The maximum absolute atomic E-state index is 12.0. The highest BCUT2D eigenvalue weighted by Gasteiger charge is 2.35. The molecule has 1 aliphatic carbocycles. The number of rotatable bonds is 4. The number of urea groups is 1. The first-order valence-electron chi connectivity index (χ1n) is 6.00. The Kier molecular flexibility index (Phi) is 4.01. The molecule has 5 nitrogen and oxygen atoms in total. The van der Waals surface area contributed by atoms with E-state index in [0.717, 1.165) is 12.8 Å². The zero-order valence-electron chi connectivity index (χ0n) is 11.0. The number of amides is 2. The predicted octanol–water partition coefficient (Wildman–Crippen LogP) is 1.68. The fraction of sp³-hybridized carbons (Fsp3) is 0.833. The van der Waals surface area contributed by atoms with E-state index in [1.165, 1.54) is 4.90 Å². The molecule has 0 aromatic rings. The summed E-state index contributed by atoms with van der Waals surface area (Å²) >= 11 is 0. The van der Waals surface area contributed by atoms with Gasteiger partial charge in [0, 0.05) is 12.1 Å². The average molecular weight is 242 g/mol. The van der Waals surface area contributed by atoms with Crippen LogP contribution in [0.5, 0.6) is 0 Å². The van der Waals surface area contributed by atoms with Gasteiger partial charge in [-0.3, -0.25) is 4.79 Å². The molecule has 98 valence electrons. The lowest BCUT2D eigenvalue weighted by molar-refractivity contribution is -0.137. The number of carboxylic acids is 1. The van der Waals surface area contributed by atoms with Crippen molar-refractivity contribution in [3.8, 4) is 0 Å². The molecular weight excluding hydrogens is 220 g/mol. The molecule has 0 bridgehead atoms. The van der Waals surface area contributed by atoms with E-state index in [-0.39, 0.29) is 30.1 Å². The Morgan fingerprint density at radius 3 is 2.29 bits per heavy atom. The molecule has 0 heterocycles. The summed E-state index contributed by atoms with van der Waals surface area (Å²) in [4.78, 5) is 24.1. The zero-order valence-corrected chi connectivity index (χ0v) is 11.0. The van der Waals surface area contributed by atoms with Gasteiger partial charge in [-0.2, -0.15) is 0 Å². The molecule has 1 unspecified atom stereocenters. The summed E-state index contributed by atoms with van der Waals surface area (Å²) in [5.74, 6) is -0.963. The maximum atomic E-state index is 12.0. The van der Waals surface area contributed by atoms with Crippen molar-refractivity contribution < 1.29 is 14.7 Å². The fourth-order valence-electron chi connectivity index (χ4n) is 1.38. The number of hydrogen-bond donors (Lipinski definition) is 2. The lowest BCUT2D eigenvalue weighted by Gasteiger charge is -2.31. The van der Waals surface area contributed by atoms with Crippen LogP contribution in [0.15, 0.2) is 0 Å². The summed E-state index contributed by atoms with van der Waals surface area (Å²) in [6.07, 6.45) is 1.81. The Morgan fingerprint density at radius 2 is 1.94 bits per heavy atom. The van der Waals surface area contributed by atoms with Crippen LogP contribution in [0.1, 0.15) is 40.5 Å². The fourth-order valence-corrected chi connectivity index (χ4v) is 1.38. The van der Waals surface area contributed by atoms with Gasteiger partial charge in [-0.25, -0.2) is 4.79 Å². The number of aliphatic carboxylic acids is 1. The second kappa shape index (κ2) is 4.94. The van der Waals surface area contributed by atoms with E-state index in [9.17, 15) is 9.59 Å². The van der Waals surface area contributed by atoms with Gasteiger partial charge in [0.1, 0.15) is 6.54 Å². The van der Waals surface area contributed by atoms with Crippen molar-refractivity contribution in [2.24, 2.45) is 5.41 Å². The van der Waals surface area contributed by atoms with Gasteiger partial charge in [-0.05, 0) is 25.2 Å². The smallest absolute Gasteiger partial charge is 0.323 e. The SMILES string of the molecule is CC(NC(=O)N(CC(=O)O)C1CC1)C(C)(C)C. The van der Waals surface area contributed by atoms with Crippen LogP contribution in [0.3, 0.4) is 0 Å². The van der Waals surface area contributed by atoms with Crippen LogP contribution in [-0.4, -0.2) is 40.6 Å². The van der Waals surface area contributed by atoms with Crippen LogP contribution >= 0.6 is 0 Å². The van der Waals surface area contributed by atoms with Crippen molar-refractivity contribution in [3.05, 3.63) is 0 Å². The molecule has 0 saturated heterocycles. The number of carboxylic acid groups (broad SMARTS) is 1. The van der Waals surface area contributed by atoms with E-state index in [1.807, 2.05) is 27.7 Å². The second-order valence-electron chi connectivity index (χ2n) is 5.79. The standard InChI is InChI=1S/C12H22N2O3/c1-8(12(2,3)4)13-11(17)14(7-10(15)16)9-5-6-9/h8-9H,5-7H2,1-4H3,(H,13,17)(H,15,16). The van der Waals surface area contributed by atoms with E-state index < -0.39 is 5.97 Å². The predicted molar refractivity (Wildman–Crippen MR) is 64.8 cm³/mol. The summed E-state index contributed by atoms with van der Waals surface area (Å²) in [6, 6.07) is -0.152. The molecule has 0 aliphatic heterocycles. The van der Waals surface area contributed by atoms with Crippen molar-refractivity contribution in [2.75, 3.05) is 6.54 Å². The molecule has 0 aromatic carbocycles. The molecule has 1 rings (SSSR count). The van der Waals surface area contributed by atoms with Crippen LogP contribution < -0.4 is 5.32 Å². The maximum Gasteiger partial charge on any atom is 0.323 e. The van der Waals surface area contributed by atoms with E-state index in [0.29, 0.717) is 0 Å². The van der Waals surface area contributed by atoms with Crippen molar-refractivity contribution in [1.29, 1.82) is 0 Å². The summed E-state index contributed by atoms with van der Waals surface area (Å²) in [5, 5.41) is 11.7. The number of nitrogens with one attached hydrogen (secondary N) is 1. The molecule has 1 atom stereocenters. The number of carbonyl (C=O) groups is 2.